The summed E-state index contributed by atoms with van der Waals surface area (Å²) in [7, 11) is 0. The number of thiophene rings is 1. The van der Waals surface area contributed by atoms with E-state index in [0.29, 0.717) is 20.4 Å². The molecule has 0 radical (unpaired) electrons. The average molecular weight is 489 g/mol. The van der Waals surface area contributed by atoms with Crippen molar-refractivity contribution in [2.45, 2.75) is 12.1 Å². The fourth-order valence-electron chi connectivity index (χ4n) is 3.37. The smallest absolute Gasteiger partial charge is 0.260 e. The van der Waals surface area contributed by atoms with Crippen LogP contribution < -0.4 is 5.56 Å². The van der Waals surface area contributed by atoms with E-state index in [9.17, 15) is 15.2 Å². The van der Waals surface area contributed by atoms with Crippen molar-refractivity contribution < 1.29 is 5.11 Å². The summed E-state index contributed by atoms with van der Waals surface area (Å²) >= 11 is 3.93. The molecule has 0 aliphatic rings. The van der Waals surface area contributed by atoms with Crippen molar-refractivity contribution in [1.29, 1.82) is 5.26 Å². The molecule has 5 rings (SSSR count). The van der Waals surface area contributed by atoms with Gasteiger partial charge >= 0.3 is 0 Å². The minimum Gasteiger partial charge on any atom is -0.510 e. The van der Waals surface area contributed by atoms with Crippen molar-refractivity contribution in [3.05, 3.63) is 80.6 Å². The molecule has 162 valence electrons. The lowest BCUT2D eigenvalue weighted by Crippen LogP contribution is -2.09. The van der Waals surface area contributed by atoms with Gasteiger partial charge in [-0.1, -0.05) is 53.7 Å². The minimum absolute atomic E-state index is 0.0868. The molecule has 3 heterocycles. The number of aromatic nitrogens is 3. The molecular weight excluding hydrogens is 472 g/mol. The highest BCUT2D eigenvalue weighted by Gasteiger charge is 2.16. The number of allylic oxidation sites excluding steroid dienone is 1. The first-order valence-corrected chi connectivity index (χ1v) is 12.6. The Morgan fingerprint density at radius 1 is 1.18 bits per heavy atom. The van der Waals surface area contributed by atoms with Gasteiger partial charge in [-0.3, -0.25) is 4.79 Å². The molecule has 0 bridgehead atoms. The Balaban J connectivity index is 1.42. The normalized spacial score (nSPS) is 12.1. The van der Waals surface area contributed by atoms with Gasteiger partial charge in [-0.05, 0) is 24.6 Å². The van der Waals surface area contributed by atoms with Gasteiger partial charge in [0.15, 0.2) is 5.16 Å². The molecule has 0 aliphatic carbocycles. The van der Waals surface area contributed by atoms with Crippen LogP contribution in [-0.4, -0.2) is 25.8 Å². The lowest BCUT2D eigenvalue weighted by atomic mass is 10.1. The van der Waals surface area contributed by atoms with E-state index < -0.39 is 0 Å². The number of nitrogens with one attached hydrogen (secondary N) is 1. The van der Waals surface area contributed by atoms with Gasteiger partial charge in [-0.2, -0.15) is 5.26 Å². The number of benzene rings is 2. The highest BCUT2D eigenvalue weighted by atomic mass is 32.2. The minimum atomic E-state index is -0.227. The van der Waals surface area contributed by atoms with Crippen molar-refractivity contribution >= 4 is 60.4 Å². The average Bonchev–Trinajstić information content (AvgIpc) is 3.43. The molecule has 0 saturated carbocycles. The molecule has 0 atom stereocenters. The number of para-hydroxylation sites is 1. The molecule has 0 aliphatic heterocycles. The first-order chi connectivity index (χ1) is 16.0. The molecule has 0 saturated heterocycles. The third-order valence-electron chi connectivity index (χ3n) is 5.04. The van der Waals surface area contributed by atoms with E-state index in [1.165, 1.54) is 34.4 Å². The van der Waals surface area contributed by atoms with Crippen molar-refractivity contribution in [3.63, 3.8) is 0 Å². The number of aromatic amines is 1. The summed E-state index contributed by atoms with van der Waals surface area (Å²) in [5, 5.41) is 23.5. The van der Waals surface area contributed by atoms with Crippen LogP contribution in [0, 0.1) is 18.3 Å². The Morgan fingerprint density at radius 3 is 2.73 bits per heavy atom. The third kappa shape index (κ3) is 4.16. The predicted molar refractivity (Wildman–Crippen MR) is 136 cm³/mol. The summed E-state index contributed by atoms with van der Waals surface area (Å²) in [5.74, 6) is -0.0143. The number of fused-ring (bicyclic) bond motifs is 2. The van der Waals surface area contributed by atoms with Crippen LogP contribution in [0.15, 0.2) is 69.6 Å². The number of aryl methyl sites for hydroxylation is 1. The maximum atomic E-state index is 12.8. The largest absolute Gasteiger partial charge is 0.510 e. The molecule has 3 aromatic heterocycles. The van der Waals surface area contributed by atoms with Gasteiger partial charge in [0.25, 0.3) is 5.56 Å². The Morgan fingerprint density at radius 2 is 1.97 bits per heavy atom. The molecule has 9 heteroatoms. The molecule has 2 aromatic carbocycles. The van der Waals surface area contributed by atoms with Crippen LogP contribution in [0.3, 0.4) is 0 Å². The SMILES string of the molecule is Cc1ccc(-c2csc3nc(SC/C(O)=C(\C#N)c4nc5ccccc5s4)[nH]c(=O)c23)cc1. The summed E-state index contributed by atoms with van der Waals surface area (Å²) in [6.45, 7) is 2.02. The highest BCUT2D eigenvalue weighted by Crippen LogP contribution is 2.33. The van der Waals surface area contributed by atoms with Crippen LogP contribution in [0.1, 0.15) is 10.6 Å². The van der Waals surface area contributed by atoms with Gasteiger partial charge in [-0.25, -0.2) is 9.97 Å². The highest BCUT2D eigenvalue weighted by molar-refractivity contribution is 7.99. The number of nitriles is 1. The second kappa shape index (κ2) is 8.83. The first kappa shape index (κ1) is 21.4. The second-order valence-corrected chi connectivity index (χ2v) is 10.1. The molecule has 0 unspecified atom stereocenters. The van der Waals surface area contributed by atoms with Gasteiger partial charge < -0.3 is 10.1 Å². The molecule has 0 amide bonds. The molecule has 0 fully saturated rings. The first-order valence-electron chi connectivity index (χ1n) is 9.93. The van der Waals surface area contributed by atoms with Crippen LogP contribution in [0.2, 0.25) is 0 Å². The number of hydrogen-bond donors (Lipinski definition) is 2. The Hall–Kier alpha value is -3.45. The number of rotatable bonds is 5. The zero-order valence-electron chi connectivity index (χ0n) is 17.3. The number of H-pyrrole nitrogens is 1. The van der Waals surface area contributed by atoms with Crippen LogP contribution in [0.5, 0.6) is 0 Å². The van der Waals surface area contributed by atoms with Gasteiger partial charge in [0, 0.05) is 10.9 Å². The molecule has 5 aromatic rings. The summed E-state index contributed by atoms with van der Waals surface area (Å²) in [6, 6.07) is 17.6. The van der Waals surface area contributed by atoms with E-state index >= 15 is 0 Å². The summed E-state index contributed by atoms with van der Waals surface area (Å²) in [6.07, 6.45) is 0. The molecule has 6 nitrogen and oxygen atoms in total. The molecule has 2 N–H and O–H groups in total. The summed E-state index contributed by atoms with van der Waals surface area (Å²) in [5.41, 5.74) is 3.66. The third-order valence-corrected chi connectivity index (χ3v) is 7.85. The Bertz CT molecular complexity index is 1590. The lowest BCUT2D eigenvalue weighted by molar-refractivity contribution is 0.420. The van der Waals surface area contributed by atoms with Gasteiger partial charge in [0.2, 0.25) is 0 Å². The van der Waals surface area contributed by atoms with E-state index in [0.717, 1.165) is 26.9 Å². The second-order valence-electron chi connectivity index (χ2n) is 7.28. The Kier molecular flexibility index (Phi) is 5.72. The van der Waals surface area contributed by atoms with E-state index in [1.54, 1.807) is 0 Å². The number of nitrogens with zero attached hydrogens (tertiary/aromatic N) is 3. The van der Waals surface area contributed by atoms with E-state index in [1.807, 2.05) is 60.8 Å². The van der Waals surface area contributed by atoms with Gasteiger partial charge in [0.05, 0.1) is 21.4 Å². The summed E-state index contributed by atoms with van der Waals surface area (Å²) < 4.78 is 0.944. The fourth-order valence-corrected chi connectivity index (χ4v) is 6.09. The van der Waals surface area contributed by atoms with Crippen molar-refractivity contribution in [1.82, 2.24) is 15.0 Å². The van der Waals surface area contributed by atoms with Crippen molar-refractivity contribution in [2.75, 3.05) is 5.75 Å². The maximum absolute atomic E-state index is 12.8. The standard InChI is InChI=1S/C24H16N4O2S3/c1-13-6-8-14(9-7-13)16-11-31-23-20(16)21(30)27-24(28-23)32-12-18(29)15(10-25)22-26-17-4-2-3-5-19(17)33-22/h2-9,11,29H,12H2,1H3,(H,27,28,30)/b18-15-. The lowest BCUT2D eigenvalue weighted by Gasteiger charge is -2.04. The predicted octanol–water partition coefficient (Wildman–Crippen LogP) is 6.15. The maximum Gasteiger partial charge on any atom is 0.260 e. The topological polar surface area (TPSA) is 103 Å². The van der Waals surface area contributed by atoms with Crippen LogP contribution in [0.25, 0.3) is 37.1 Å². The van der Waals surface area contributed by atoms with E-state index in [2.05, 4.69) is 21.0 Å². The van der Waals surface area contributed by atoms with Crippen LogP contribution >= 0.6 is 34.4 Å². The van der Waals surface area contributed by atoms with Crippen molar-refractivity contribution in [2.24, 2.45) is 0 Å². The van der Waals surface area contributed by atoms with Gasteiger partial charge in [-0.15, -0.1) is 22.7 Å². The number of aliphatic hydroxyl groups excluding tert-OH is 1. The number of aliphatic hydroxyl groups is 1. The monoisotopic (exact) mass is 488 g/mol. The van der Waals surface area contributed by atoms with Crippen LogP contribution in [0.4, 0.5) is 0 Å². The quantitative estimate of drug-likeness (QED) is 0.133. The molecule has 0 spiro atoms. The van der Waals surface area contributed by atoms with Crippen LogP contribution in [-0.2, 0) is 0 Å². The van der Waals surface area contributed by atoms with E-state index in [-0.39, 0.29) is 22.6 Å². The summed E-state index contributed by atoms with van der Waals surface area (Å²) in [4.78, 5) is 25.3. The molecule has 33 heavy (non-hydrogen) atoms. The number of thiazole rings is 1. The number of hydrogen-bond acceptors (Lipinski definition) is 8. The molecular formula is C24H16N4O2S3. The fraction of sp³-hybridized carbons (Fsp3) is 0.0833. The zero-order chi connectivity index (χ0) is 22.9. The number of thioether (sulfide) groups is 1. The van der Waals surface area contributed by atoms with Crippen molar-refractivity contribution in [3.8, 4) is 17.2 Å². The van der Waals surface area contributed by atoms with E-state index in [4.69, 9.17) is 0 Å². The zero-order valence-corrected chi connectivity index (χ0v) is 19.8. The van der Waals surface area contributed by atoms with Gasteiger partial charge in [0.1, 0.15) is 27.2 Å². The Labute approximate surface area is 200 Å².